The average Bonchev–Trinajstić information content (AvgIpc) is 2.83. The summed E-state index contributed by atoms with van der Waals surface area (Å²) in [6, 6.07) is 3.23. The minimum absolute atomic E-state index is 0.0619. The SMILES string of the molecule is CNC(=O)NC(=O)[C@H](C)OC(=O)c1sc2cc(F)ccc2c1Cl. The van der Waals surface area contributed by atoms with Gasteiger partial charge in [0.2, 0.25) is 0 Å². The molecule has 0 aliphatic heterocycles. The Hall–Kier alpha value is -2.19. The monoisotopic (exact) mass is 358 g/mol. The largest absolute Gasteiger partial charge is 0.448 e. The fourth-order valence-corrected chi connectivity index (χ4v) is 3.13. The van der Waals surface area contributed by atoms with Crippen LogP contribution in [0.15, 0.2) is 18.2 Å². The first-order valence-electron chi connectivity index (χ1n) is 6.44. The van der Waals surface area contributed by atoms with Crippen molar-refractivity contribution < 1.29 is 23.5 Å². The normalized spacial score (nSPS) is 11.8. The number of benzene rings is 1. The quantitative estimate of drug-likeness (QED) is 0.826. The third-order valence-corrected chi connectivity index (χ3v) is 4.53. The number of hydrogen-bond acceptors (Lipinski definition) is 5. The molecule has 3 amide bonds. The molecule has 0 aliphatic rings. The van der Waals surface area contributed by atoms with Crippen LogP contribution in [0.3, 0.4) is 0 Å². The number of amides is 3. The molecule has 0 unspecified atom stereocenters. The molecule has 0 fully saturated rings. The molecule has 0 saturated heterocycles. The first-order valence-corrected chi connectivity index (χ1v) is 7.64. The second-order valence-electron chi connectivity index (χ2n) is 4.50. The molecule has 2 N–H and O–H groups in total. The summed E-state index contributed by atoms with van der Waals surface area (Å²) in [6.45, 7) is 1.32. The molecular formula is C14H12ClFN2O4S. The van der Waals surface area contributed by atoms with Gasteiger partial charge >= 0.3 is 12.0 Å². The Labute approximate surface area is 139 Å². The van der Waals surface area contributed by atoms with Crippen molar-refractivity contribution in [1.29, 1.82) is 0 Å². The van der Waals surface area contributed by atoms with Gasteiger partial charge in [0.25, 0.3) is 5.91 Å². The topological polar surface area (TPSA) is 84.5 Å². The molecule has 122 valence electrons. The minimum atomic E-state index is -1.20. The fourth-order valence-electron chi connectivity index (χ4n) is 1.71. The summed E-state index contributed by atoms with van der Waals surface area (Å²) in [5, 5.41) is 4.85. The summed E-state index contributed by atoms with van der Waals surface area (Å²) in [6.07, 6.45) is -1.20. The molecule has 1 aromatic carbocycles. The van der Waals surface area contributed by atoms with E-state index in [-0.39, 0.29) is 9.90 Å². The molecule has 0 aliphatic carbocycles. The van der Waals surface area contributed by atoms with Crippen LogP contribution in [0.1, 0.15) is 16.6 Å². The van der Waals surface area contributed by atoms with E-state index in [1.807, 2.05) is 5.32 Å². The molecular weight excluding hydrogens is 347 g/mol. The highest BCUT2D eigenvalue weighted by atomic mass is 35.5. The maximum atomic E-state index is 13.2. The molecule has 0 spiro atoms. The summed E-state index contributed by atoms with van der Waals surface area (Å²) >= 11 is 7.06. The number of carbonyl (C=O) groups is 3. The summed E-state index contributed by atoms with van der Waals surface area (Å²) in [7, 11) is 1.34. The molecule has 1 heterocycles. The maximum absolute atomic E-state index is 13.2. The highest BCUT2D eigenvalue weighted by Gasteiger charge is 2.24. The zero-order chi connectivity index (χ0) is 17.1. The zero-order valence-corrected chi connectivity index (χ0v) is 13.7. The van der Waals surface area contributed by atoms with Crippen LogP contribution in [0.25, 0.3) is 10.1 Å². The van der Waals surface area contributed by atoms with Crippen molar-refractivity contribution in [2.45, 2.75) is 13.0 Å². The molecule has 23 heavy (non-hydrogen) atoms. The number of urea groups is 1. The second kappa shape index (κ2) is 6.93. The fraction of sp³-hybridized carbons (Fsp3) is 0.214. The molecule has 1 aromatic heterocycles. The van der Waals surface area contributed by atoms with Gasteiger partial charge in [-0.05, 0) is 25.1 Å². The Kier molecular flexibility index (Phi) is 5.17. The van der Waals surface area contributed by atoms with Crippen LogP contribution in [0.2, 0.25) is 5.02 Å². The zero-order valence-electron chi connectivity index (χ0n) is 12.1. The van der Waals surface area contributed by atoms with Crippen molar-refractivity contribution in [2.75, 3.05) is 7.05 Å². The van der Waals surface area contributed by atoms with Gasteiger partial charge in [-0.2, -0.15) is 0 Å². The van der Waals surface area contributed by atoms with E-state index >= 15 is 0 Å². The molecule has 0 bridgehead atoms. The highest BCUT2D eigenvalue weighted by molar-refractivity contribution is 7.21. The number of ether oxygens (including phenoxy) is 1. The van der Waals surface area contributed by atoms with Gasteiger partial charge in [0.15, 0.2) is 6.10 Å². The number of hydrogen-bond donors (Lipinski definition) is 2. The smallest absolute Gasteiger partial charge is 0.350 e. The van der Waals surface area contributed by atoms with Gasteiger partial charge in [0.1, 0.15) is 10.7 Å². The van der Waals surface area contributed by atoms with Gasteiger partial charge < -0.3 is 10.1 Å². The van der Waals surface area contributed by atoms with Crippen molar-refractivity contribution in [2.24, 2.45) is 0 Å². The van der Waals surface area contributed by atoms with E-state index in [0.717, 1.165) is 11.3 Å². The lowest BCUT2D eigenvalue weighted by Crippen LogP contribution is -2.43. The molecule has 2 aromatic rings. The van der Waals surface area contributed by atoms with Crippen molar-refractivity contribution in [3.8, 4) is 0 Å². The van der Waals surface area contributed by atoms with Crippen LogP contribution >= 0.6 is 22.9 Å². The van der Waals surface area contributed by atoms with E-state index in [1.54, 1.807) is 0 Å². The first-order chi connectivity index (χ1) is 10.8. The van der Waals surface area contributed by atoms with Gasteiger partial charge in [0.05, 0.1) is 5.02 Å². The Morgan fingerprint density at radius 1 is 1.35 bits per heavy atom. The van der Waals surface area contributed by atoms with Crippen molar-refractivity contribution in [3.05, 3.63) is 33.9 Å². The Balaban J connectivity index is 2.16. The maximum Gasteiger partial charge on any atom is 0.350 e. The van der Waals surface area contributed by atoms with E-state index in [1.165, 1.54) is 32.2 Å². The molecule has 0 radical (unpaired) electrons. The Morgan fingerprint density at radius 3 is 2.70 bits per heavy atom. The number of rotatable bonds is 3. The lowest BCUT2D eigenvalue weighted by atomic mass is 10.2. The number of thiophene rings is 1. The molecule has 9 heteroatoms. The van der Waals surface area contributed by atoms with E-state index in [2.05, 4.69) is 5.32 Å². The van der Waals surface area contributed by atoms with Crippen molar-refractivity contribution >= 4 is 50.9 Å². The number of halogens is 2. The van der Waals surface area contributed by atoms with Gasteiger partial charge in [-0.1, -0.05) is 11.6 Å². The van der Waals surface area contributed by atoms with Gasteiger partial charge in [0, 0.05) is 17.1 Å². The predicted octanol–water partition coefficient (Wildman–Crippen LogP) is 2.69. The van der Waals surface area contributed by atoms with E-state index in [0.29, 0.717) is 10.1 Å². The second-order valence-corrected chi connectivity index (χ2v) is 5.93. The van der Waals surface area contributed by atoms with Crippen LogP contribution in [0.4, 0.5) is 9.18 Å². The lowest BCUT2D eigenvalue weighted by molar-refractivity contribution is -0.127. The Bertz CT molecular complexity index is 792. The van der Waals surface area contributed by atoms with Crippen LogP contribution < -0.4 is 10.6 Å². The number of nitrogens with one attached hydrogen (secondary N) is 2. The number of carbonyl (C=O) groups excluding carboxylic acids is 3. The number of fused-ring (bicyclic) bond motifs is 1. The molecule has 1 atom stereocenters. The summed E-state index contributed by atoms with van der Waals surface area (Å²) in [5.41, 5.74) is 0. The minimum Gasteiger partial charge on any atom is -0.448 e. The number of esters is 1. The van der Waals surface area contributed by atoms with E-state index in [9.17, 15) is 18.8 Å². The van der Waals surface area contributed by atoms with E-state index < -0.39 is 29.8 Å². The van der Waals surface area contributed by atoms with E-state index in [4.69, 9.17) is 16.3 Å². The Morgan fingerprint density at radius 2 is 2.04 bits per heavy atom. The third-order valence-electron chi connectivity index (χ3n) is 2.89. The van der Waals surface area contributed by atoms with Crippen LogP contribution in [-0.4, -0.2) is 31.1 Å². The molecule has 6 nitrogen and oxygen atoms in total. The lowest BCUT2D eigenvalue weighted by Gasteiger charge is -2.12. The predicted molar refractivity (Wildman–Crippen MR) is 84.3 cm³/mol. The van der Waals surface area contributed by atoms with Crippen LogP contribution in [0.5, 0.6) is 0 Å². The van der Waals surface area contributed by atoms with Crippen molar-refractivity contribution in [3.63, 3.8) is 0 Å². The number of imide groups is 1. The van der Waals surface area contributed by atoms with Gasteiger partial charge in [-0.15, -0.1) is 11.3 Å². The van der Waals surface area contributed by atoms with Crippen molar-refractivity contribution in [1.82, 2.24) is 10.6 Å². The molecule has 0 saturated carbocycles. The summed E-state index contributed by atoms with van der Waals surface area (Å²) < 4.78 is 18.7. The van der Waals surface area contributed by atoms with Gasteiger partial charge in [-0.25, -0.2) is 14.0 Å². The van der Waals surface area contributed by atoms with Crippen LogP contribution in [0, 0.1) is 5.82 Å². The molecule has 2 rings (SSSR count). The van der Waals surface area contributed by atoms with Gasteiger partial charge in [-0.3, -0.25) is 10.1 Å². The highest BCUT2D eigenvalue weighted by Crippen LogP contribution is 2.36. The summed E-state index contributed by atoms with van der Waals surface area (Å²) in [5.74, 6) is -2.05. The average molecular weight is 359 g/mol. The standard InChI is InChI=1S/C14H12ClFN2O4S/c1-6(12(19)18-14(21)17-2)22-13(20)11-10(15)8-4-3-7(16)5-9(8)23-11/h3-6H,1-2H3,(H2,17,18,19,21)/t6-/m0/s1. The third kappa shape index (κ3) is 3.77. The summed E-state index contributed by atoms with van der Waals surface area (Å²) in [4.78, 5) is 34.9. The first kappa shape index (κ1) is 17.2. The van der Waals surface area contributed by atoms with Crippen LogP contribution in [-0.2, 0) is 9.53 Å².